The van der Waals surface area contributed by atoms with E-state index in [0.717, 1.165) is 18.8 Å². The zero-order valence-corrected chi connectivity index (χ0v) is 10.3. The van der Waals surface area contributed by atoms with Crippen LogP contribution in [0, 0.1) is 0 Å². The average molecular weight is 246 g/mol. The monoisotopic (exact) mass is 246 g/mol. The maximum Gasteiger partial charge on any atom is 0.119 e. The third-order valence-corrected chi connectivity index (χ3v) is 3.60. The van der Waals surface area contributed by atoms with E-state index in [2.05, 4.69) is 29.6 Å². The summed E-state index contributed by atoms with van der Waals surface area (Å²) in [6.45, 7) is 1.51. The van der Waals surface area contributed by atoms with Crippen LogP contribution < -0.4 is 4.74 Å². The van der Waals surface area contributed by atoms with E-state index in [0.29, 0.717) is 12.7 Å². The van der Waals surface area contributed by atoms with Crippen molar-refractivity contribution in [2.75, 3.05) is 13.2 Å². The summed E-state index contributed by atoms with van der Waals surface area (Å²) >= 11 is 1.80. The molecule has 1 aromatic carbocycles. The predicted octanol–water partition coefficient (Wildman–Crippen LogP) is 3.12. The molecule has 0 radical (unpaired) electrons. The molecule has 2 heterocycles. The lowest BCUT2D eigenvalue weighted by atomic mass is 10.1. The van der Waals surface area contributed by atoms with Gasteiger partial charge in [0.1, 0.15) is 18.5 Å². The van der Waals surface area contributed by atoms with Crippen molar-refractivity contribution < 1.29 is 9.47 Å². The molecule has 1 aliphatic rings. The summed E-state index contributed by atoms with van der Waals surface area (Å²) in [5, 5.41) is 2.11. The topological polar surface area (TPSA) is 21.8 Å². The van der Waals surface area contributed by atoms with Crippen molar-refractivity contribution >= 4 is 11.3 Å². The number of hydrogen-bond donors (Lipinski definition) is 0. The Kier molecular flexibility index (Phi) is 3.12. The first-order valence-corrected chi connectivity index (χ1v) is 6.64. The van der Waals surface area contributed by atoms with Crippen LogP contribution in [0.25, 0.3) is 0 Å². The zero-order chi connectivity index (χ0) is 11.5. The Hall–Kier alpha value is -1.32. The van der Waals surface area contributed by atoms with Crippen molar-refractivity contribution in [3.05, 3.63) is 52.2 Å². The summed E-state index contributed by atoms with van der Waals surface area (Å²) in [4.78, 5) is 1.39. The smallest absolute Gasteiger partial charge is 0.119 e. The third kappa shape index (κ3) is 3.08. The fourth-order valence-corrected chi connectivity index (χ4v) is 2.41. The zero-order valence-electron chi connectivity index (χ0n) is 9.46. The van der Waals surface area contributed by atoms with Gasteiger partial charge in [0.2, 0.25) is 0 Å². The molecule has 1 saturated heterocycles. The summed E-state index contributed by atoms with van der Waals surface area (Å²) in [6.07, 6.45) is 1.32. The molecule has 88 valence electrons. The molecule has 2 nitrogen and oxygen atoms in total. The number of epoxide rings is 1. The van der Waals surface area contributed by atoms with E-state index in [1.807, 2.05) is 12.1 Å². The normalized spacial score (nSPS) is 18.0. The average Bonchev–Trinajstić information content (AvgIpc) is 3.05. The van der Waals surface area contributed by atoms with Gasteiger partial charge in [-0.05, 0) is 29.1 Å². The third-order valence-electron chi connectivity index (χ3n) is 2.72. The highest BCUT2D eigenvalue weighted by atomic mass is 32.1. The van der Waals surface area contributed by atoms with Gasteiger partial charge in [0.05, 0.1) is 6.61 Å². The van der Waals surface area contributed by atoms with Gasteiger partial charge in [-0.2, -0.15) is 0 Å². The van der Waals surface area contributed by atoms with E-state index in [4.69, 9.17) is 9.47 Å². The summed E-state index contributed by atoms with van der Waals surface area (Å²) < 4.78 is 10.7. The molecule has 3 heteroatoms. The van der Waals surface area contributed by atoms with E-state index >= 15 is 0 Å². The first kappa shape index (κ1) is 10.8. The van der Waals surface area contributed by atoms with Gasteiger partial charge in [-0.15, -0.1) is 11.3 Å². The standard InChI is InChI=1S/C14H14O2S/c1-2-14(17-7-1)8-11-3-5-12(6-4-11)15-9-13-10-16-13/h1-7,13H,8-10H2. The van der Waals surface area contributed by atoms with Crippen LogP contribution in [0.4, 0.5) is 0 Å². The van der Waals surface area contributed by atoms with E-state index in [9.17, 15) is 0 Å². The molecule has 0 N–H and O–H groups in total. The second-order valence-corrected chi connectivity index (χ2v) is 5.20. The fraction of sp³-hybridized carbons (Fsp3) is 0.286. The Bertz CT molecular complexity index is 457. The maximum atomic E-state index is 5.60. The number of ether oxygens (including phenoxy) is 2. The minimum absolute atomic E-state index is 0.320. The van der Waals surface area contributed by atoms with Gasteiger partial charge >= 0.3 is 0 Å². The van der Waals surface area contributed by atoms with Crippen LogP contribution in [-0.2, 0) is 11.2 Å². The summed E-state index contributed by atoms with van der Waals surface area (Å²) in [7, 11) is 0. The Morgan fingerprint density at radius 3 is 2.71 bits per heavy atom. The molecule has 3 rings (SSSR count). The Morgan fingerprint density at radius 2 is 2.06 bits per heavy atom. The lowest BCUT2D eigenvalue weighted by molar-refractivity contribution is 0.263. The quantitative estimate of drug-likeness (QED) is 0.756. The van der Waals surface area contributed by atoms with Crippen LogP contribution in [-0.4, -0.2) is 19.3 Å². The Labute approximate surface area is 105 Å². The minimum atomic E-state index is 0.320. The minimum Gasteiger partial charge on any atom is -0.491 e. The lowest BCUT2D eigenvalue weighted by Gasteiger charge is -2.05. The van der Waals surface area contributed by atoms with Gasteiger partial charge in [-0.3, -0.25) is 0 Å². The summed E-state index contributed by atoms with van der Waals surface area (Å²) in [6, 6.07) is 12.6. The van der Waals surface area contributed by atoms with Gasteiger partial charge < -0.3 is 9.47 Å². The first-order valence-electron chi connectivity index (χ1n) is 5.76. The molecule has 1 fully saturated rings. The Balaban J connectivity index is 1.58. The van der Waals surface area contributed by atoms with Crippen molar-refractivity contribution in [1.82, 2.24) is 0 Å². The highest BCUT2D eigenvalue weighted by Gasteiger charge is 2.22. The van der Waals surface area contributed by atoms with Crippen LogP contribution in [0.3, 0.4) is 0 Å². The summed E-state index contributed by atoms with van der Waals surface area (Å²) in [5.74, 6) is 0.926. The van der Waals surface area contributed by atoms with E-state index in [1.165, 1.54) is 10.4 Å². The van der Waals surface area contributed by atoms with E-state index in [-0.39, 0.29) is 0 Å². The fourth-order valence-electron chi connectivity index (χ4n) is 1.67. The molecule has 17 heavy (non-hydrogen) atoms. The van der Waals surface area contributed by atoms with Gasteiger partial charge in [-0.1, -0.05) is 18.2 Å². The lowest BCUT2D eigenvalue weighted by Crippen LogP contribution is -2.03. The van der Waals surface area contributed by atoms with E-state index < -0.39 is 0 Å². The van der Waals surface area contributed by atoms with Crippen LogP contribution >= 0.6 is 11.3 Å². The molecule has 0 saturated carbocycles. The van der Waals surface area contributed by atoms with Crippen molar-refractivity contribution in [2.24, 2.45) is 0 Å². The van der Waals surface area contributed by atoms with Crippen LogP contribution in [0.15, 0.2) is 41.8 Å². The summed E-state index contributed by atoms with van der Waals surface area (Å²) in [5.41, 5.74) is 1.32. The molecule has 1 atom stereocenters. The molecule has 0 bridgehead atoms. The van der Waals surface area contributed by atoms with Crippen LogP contribution in [0.1, 0.15) is 10.4 Å². The second-order valence-electron chi connectivity index (χ2n) is 4.17. The van der Waals surface area contributed by atoms with Gasteiger partial charge in [0, 0.05) is 11.3 Å². The van der Waals surface area contributed by atoms with Crippen molar-refractivity contribution in [3.63, 3.8) is 0 Å². The highest BCUT2D eigenvalue weighted by molar-refractivity contribution is 7.09. The van der Waals surface area contributed by atoms with Crippen LogP contribution in [0.2, 0.25) is 0 Å². The largest absolute Gasteiger partial charge is 0.491 e. The molecule has 0 amide bonds. The van der Waals surface area contributed by atoms with Gasteiger partial charge in [0.25, 0.3) is 0 Å². The molecule has 1 aliphatic heterocycles. The second kappa shape index (κ2) is 4.90. The SMILES string of the molecule is c1csc(Cc2ccc(OCC3CO3)cc2)c1. The van der Waals surface area contributed by atoms with Crippen molar-refractivity contribution in [2.45, 2.75) is 12.5 Å². The Morgan fingerprint density at radius 1 is 1.24 bits per heavy atom. The molecule has 1 unspecified atom stereocenters. The van der Waals surface area contributed by atoms with Gasteiger partial charge in [0.15, 0.2) is 0 Å². The number of rotatable bonds is 5. The van der Waals surface area contributed by atoms with Crippen molar-refractivity contribution in [3.8, 4) is 5.75 Å². The van der Waals surface area contributed by atoms with Crippen LogP contribution in [0.5, 0.6) is 5.75 Å². The van der Waals surface area contributed by atoms with Gasteiger partial charge in [-0.25, -0.2) is 0 Å². The molecular weight excluding hydrogens is 232 g/mol. The van der Waals surface area contributed by atoms with Crippen molar-refractivity contribution in [1.29, 1.82) is 0 Å². The number of thiophene rings is 1. The van der Waals surface area contributed by atoms with E-state index in [1.54, 1.807) is 11.3 Å². The number of hydrogen-bond acceptors (Lipinski definition) is 3. The first-order chi connectivity index (χ1) is 8.40. The molecule has 0 aliphatic carbocycles. The molecule has 0 spiro atoms. The molecule has 2 aromatic rings. The maximum absolute atomic E-state index is 5.60. The highest BCUT2D eigenvalue weighted by Crippen LogP contribution is 2.19. The predicted molar refractivity (Wildman–Crippen MR) is 68.8 cm³/mol. The molecular formula is C14H14O2S. The number of benzene rings is 1. The molecule has 1 aromatic heterocycles.